The number of halogens is 2. The molecule has 2 aromatic carbocycles. The highest BCUT2D eigenvalue weighted by molar-refractivity contribution is 5.85. The van der Waals surface area contributed by atoms with Gasteiger partial charge in [0.2, 0.25) is 0 Å². The minimum absolute atomic E-state index is 0.172. The Labute approximate surface area is 201 Å². The lowest BCUT2D eigenvalue weighted by atomic mass is 9.99. The fraction of sp³-hybridized carbons (Fsp3) is 0.480. The molecule has 0 radical (unpaired) electrons. The summed E-state index contributed by atoms with van der Waals surface area (Å²) in [6.45, 7) is 3.17. The van der Waals surface area contributed by atoms with Crippen LogP contribution in [-0.2, 0) is 10.7 Å². The van der Waals surface area contributed by atoms with Gasteiger partial charge in [-0.2, -0.15) is 8.78 Å². The van der Waals surface area contributed by atoms with E-state index in [0.717, 1.165) is 38.1 Å². The number of likely N-dealkylation sites (tertiary alicyclic amines) is 1. The smallest absolute Gasteiger partial charge is 0.349 e. The van der Waals surface area contributed by atoms with Crippen molar-refractivity contribution in [1.29, 1.82) is 0 Å². The Morgan fingerprint density at radius 2 is 1.49 bits per heavy atom. The summed E-state index contributed by atoms with van der Waals surface area (Å²) in [4.78, 5) is 14.9. The molecule has 5 rings (SSSR count). The van der Waals surface area contributed by atoms with Gasteiger partial charge in [-0.3, -0.25) is 4.79 Å². The van der Waals surface area contributed by atoms with Crippen LogP contribution in [0.3, 0.4) is 0 Å². The maximum Gasteiger partial charge on any atom is 0.349 e. The molecule has 3 heterocycles. The Morgan fingerprint density at radius 1 is 0.914 bits per heavy atom. The highest BCUT2D eigenvalue weighted by atomic mass is 19.3. The number of rotatable bonds is 7. The van der Waals surface area contributed by atoms with Crippen LogP contribution in [0.1, 0.15) is 30.1 Å². The van der Waals surface area contributed by atoms with Gasteiger partial charge in [-0.05, 0) is 61.8 Å². The van der Waals surface area contributed by atoms with E-state index in [4.69, 9.17) is 18.9 Å². The molecule has 1 saturated heterocycles. The molecule has 2 atom stereocenters. The number of benzene rings is 2. The van der Waals surface area contributed by atoms with Crippen molar-refractivity contribution in [3.63, 3.8) is 0 Å². The summed E-state index contributed by atoms with van der Waals surface area (Å²) >= 11 is 0. The van der Waals surface area contributed by atoms with Crippen molar-refractivity contribution in [2.75, 3.05) is 46.1 Å². The van der Waals surface area contributed by atoms with Crippen LogP contribution in [0, 0.1) is 0 Å². The highest BCUT2D eigenvalue weighted by Crippen LogP contribution is 2.38. The van der Waals surface area contributed by atoms with E-state index in [0.29, 0.717) is 42.6 Å². The van der Waals surface area contributed by atoms with Crippen LogP contribution in [0.5, 0.6) is 23.0 Å². The lowest BCUT2D eigenvalue weighted by Gasteiger charge is -2.31. The van der Waals surface area contributed by atoms with E-state index in [2.05, 4.69) is 10.2 Å². The van der Waals surface area contributed by atoms with E-state index in [1.807, 2.05) is 0 Å². The predicted molar refractivity (Wildman–Crippen MR) is 121 cm³/mol. The maximum absolute atomic E-state index is 15.2. The fourth-order valence-electron chi connectivity index (χ4n) is 4.57. The van der Waals surface area contributed by atoms with Crippen molar-refractivity contribution in [3.8, 4) is 23.0 Å². The lowest BCUT2D eigenvalue weighted by Crippen LogP contribution is -2.51. The Kier molecular flexibility index (Phi) is 6.66. The Morgan fingerprint density at radius 3 is 2.14 bits per heavy atom. The first kappa shape index (κ1) is 23.6. The van der Waals surface area contributed by atoms with E-state index in [1.54, 1.807) is 18.2 Å². The number of ether oxygens (including phenoxy) is 4. The second-order valence-electron chi connectivity index (χ2n) is 8.87. The van der Waals surface area contributed by atoms with Crippen molar-refractivity contribution < 1.29 is 37.6 Å². The number of hydrogen-bond acceptors (Lipinski definition) is 7. The number of hydrogen-bond donors (Lipinski definition) is 2. The fourth-order valence-corrected chi connectivity index (χ4v) is 4.57. The number of amides is 1. The number of carbonyl (C=O) groups is 1. The Balaban J connectivity index is 1.37. The molecule has 188 valence electrons. The summed E-state index contributed by atoms with van der Waals surface area (Å²) in [5.41, 5.74) is -0.0608. The van der Waals surface area contributed by atoms with Crippen LogP contribution in [-0.4, -0.2) is 68.0 Å². The predicted octanol–water partition coefficient (Wildman–Crippen LogP) is 2.64. The van der Waals surface area contributed by atoms with Crippen LogP contribution in [0.25, 0.3) is 0 Å². The molecule has 2 N–H and O–H groups in total. The maximum atomic E-state index is 15.2. The summed E-state index contributed by atoms with van der Waals surface area (Å²) in [7, 11) is 0. The molecule has 8 nitrogen and oxygen atoms in total. The van der Waals surface area contributed by atoms with Crippen molar-refractivity contribution >= 4 is 5.91 Å². The minimum Gasteiger partial charge on any atom is -0.486 e. The molecule has 10 heteroatoms. The van der Waals surface area contributed by atoms with Crippen LogP contribution < -0.4 is 24.3 Å². The van der Waals surface area contributed by atoms with Crippen molar-refractivity contribution in [3.05, 3.63) is 47.5 Å². The molecule has 3 aliphatic heterocycles. The normalized spacial score (nSPS) is 19.2. The van der Waals surface area contributed by atoms with Gasteiger partial charge in [0, 0.05) is 12.1 Å². The zero-order valence-electron chi connectivity index (χ0n) is 19.2. The molecule has 0 aliphatic carbocycles. The number of nitrogens with one attached hydrogen (secondary N) is 1. The zero-order chi connectivity index (χ0) is 24.4. The van der Waals surface area contributed by atoms with Crippen molar-refractivity contribution in [2.24, 2.45) is 0 Å². The molecular formula is C25H28F2N2O6. The van der Waals surface area contributed by atoms with Gasteiger partial charge in [-0.25, -0.2) is 0 Å². The third-order valence-electron chi connectivity index (χ3n) is 6.45. The van der Waals surface area contributed by atoms with Gasteiger partial charge in [0.1, 0.15) is 32.5 Å². The van der Waals surface area contributed by atoms with Crippen LogP contribution in [0.2, 0.25) is 0 Å². The number of carbonyl (C=O) groups excluding carboxylic acids is 1. The van der Waals surface area contributed by atoms with Crippen LogP contribution in [0.4, 0.5) is 8.78 Å². The quantitative estimate of drug-likeness (QED) is 0.617. The molecule has 35 heavy (non-hydrogen) atoms. The molecule has 0 bridgehead atoms. The first-order valence-electron chi connectivity index (χ1n) is 11.8. The number of alkyl halides is 2. The second-order valence-corrected chi connectivity index (χ2v) is 8.87. The SMILES string of the molecule is O=C(NC(CN1CCCC1)C(O)c1ccc2c(c1)OCCO2)C(F)(F)c1ccc2c(c1)OCCO2. The lowest BCUT2D eigenvalue weighted by molar-refractivity contribution is -0.149. The largest absolute Gasteiger partial charge is 0.486 e. The van der Waals surface area contributed by atoms with Crippen molar-refractivity contribution in [1.82, 2.24) is 10.2 Å². The van der Waals surface area contributed by atoms with Gasteiger partial charge in [0.05, 0.1) is 6.04 Å². The molecule has 0 saturated carbocycles. The van der Waals surface area contributed by atoms with Gasteiger partial charge >= 0.3 is 5.92 Å². The average molecular weight is 491 g/mol. The van der Waals surface area contributed by atoms with Crippen LogP contribution >= 0.6 is 0 Å². The molecule has 2 aromatic rings. The topological polar surface area (TPSA) is 89.5 Å². The first-order chi connectivity index (χ1) is 16.9. The third-order valence-corrected chi connectivity index (χ3v) is 6.45. The molecule has 1 amide bonds. The van der Waals surface area contributed by atoms with Gasteiger partial charge in [-0.15, -0.1) is 0 Å². The number of aliphatic hydroxyl groups is 1. The summed E-state index contributed by atoms with van der Waals surface area (Å²) in [5.74, 6) is -3.78. The van der Waals surface area contributed by atoms with Crippen molar-refractivity contribution in [2.45, 2.75) is 30.9 Å². The van der Waals surface area contributed by atoms with E-state index in [1.165, 1.54) is 6.07 Å². The third kappa shape index (κ3) is 4.99. The van der Waals surface area contributed by atoms with Gasteiger partial charge < -0.3 is 34.3 Å². The van der Waals surface area contributed by atoms with E-state index in [9.17, 15) is 9.90 Å². The van der Waals surface area contributed by atoms with Gasteiger partial charge in [0.25, 0.3) is 5.91 Å². The molecule has 3 aliphatic rings. The highest BCUT2D eigenvalue weighted by Gasteiger charge is 2.43. The minimum atomic E-state index is -3.84. The zero-order valence-corrected chi connectivity index (χ0v) is 19.2. The summed E-state index contributed by atoms with van der Waals surface area (Å²) in [6, 6.07) is 7.64. The van der Waals surface area contributed by atoms with Gasteiger partial charge in [0.15, 0.2) is 23.0 Å². The summed E-state index contributed by atoms with van der Waals surface area (Å²) < 4.78 is 52.4. The number of nitrogens with zero attached hydrogens (tertiary/aromatic N) is 1. The summed E-state index contributed by atoms with van der Waals surface area (Å²) in [6.07, 6.45) is 0.730. The van der Waals surface area contributed by atoms with E-state index < -0.39 is 29.5 Å². The molecule has 2 unspecified atom stereocenters. The standard InChI is InChI=1S/C25H28F2N2O6/c26-25(27,17-4-6-20-22(14-17)35-12-10-33-20)24(31)28-18(15-29-7-1-2-8-29)23(30)16-3-5-19-21(13-16)34-11-9-32-19/h3-6,13-14,18,23,30H,1-2,7-12,15H2,(H,28,31). The van der Waals surface area contributed by atoms with Gasteiger partial charge in [-0.1, -0.05) is 6.07 Å². The Hall–Kier alpha value is -3.11. The number of aliphatic hydroxyl groups excluding tert-OH is 1. The first-order valence-corrected chi connectivity index (χ1v) is 11.8. The van der Waals surface area contributed by atoms with E-state index in [-0.39, 0.29) is 18.9 Å². The average Bonchev–Trinajstić information content (AvgIpc) is 3.40. The number of fused-ring (bicyclic) bond motifs is 2. The molecular weight excluding hydrogens is 462 g/mol. The van der Waals surface area contributed by atoms with Crippen LogP contribution in [0.15, 0.2) is 36.4 Å². The molecule has 1 fully saturated rings. The summed E-state index contributed by atoms with van der Waals surface area (Å²) in [5, 5.41) is 13.6. The molecule has 0 spiro atoms. The second kappa shape index (κ2) is 9.87. The van der Waals surface area contributed by atoms with E-state index >= 15 is 8.78 Å². The molecule has 0 aromatic heterocycles. The monoisotopic (exact) mass is 490 g/mol. The Bertz CT molecular complexity index is 1080.